The van der Waals surface area contributed by atoms with Crippen LogP contribution >= 0.6 is 11.3 Å². The molecule has 22 heavy (non-hydrogen) atoms. The molecule has 2 aromatic heterocycles. The molecule has 1 N–H and O–H groups in total. The first kappa shape index (κ1) is 14.3. The lowest BCUT2D eigenvalue weighted by Crippen LogP contribution is -2.15. The molecule has 112 valence electrons. The van der Waals surface area contributed by atoms with Crippen molar-refractivity contribution in [1.29, 1.82) is 0 Å². The minimum absolute atomic E-state index is 0.226. The molecule has 3 rings (SSSR count). The summed E-state index contributed by atoms with van der Waals surface area (Å²) in [5.74, 6) is 0.569. The Morgan fingerprint density at radius 1 is 1.27 bits per heavy atom. The third kappa shape index (κ3) is 2.84. The fourth-order valence-electron chi connectivity index (χ4n) is 1.98. The standard InChI is InChI=1S/C15H14N4O2S/c1-19-13(7-8-16-19)14(20)18-15-17-12(9-22-15)10-3-5-11(21-2)6-4-10/h3-9H,1-2H3,(H,17,18,20). The molecule has 0 spiro atoms. The Labute approximate surface area is 131 Å². The summed E-state index contributed by atoms with van der Waals surface area (Å²) < 4.78 is 6.65. The molecule has 0 aliphatic heterocycles. The fraction of sp³-hybridized carbons (Fsp3) is 0.133. The summed E-state index contributed by atoms with van der Waals surface area (Å²) >= 11 is 1.38. The molecular formula is C15H14N4O2S. The number of aromatic nitrogens is 3. The van der Waals surface area contributed by atoms with Crippen LogP contribution in [0.25, 0.3) is 11.3 Å². The van der Waals surface area contributed by atoms with E-state index >= 15 is 0 Å². The number of hydrogen-bond donors (Lipinski definition) is 1. The molecule has 0 fully saturated rings. The van der Waals surface area contributed by atoms with Crippen LogP contribution in [0.5, 0.6) is 5.75 Å². The van der Waals surface area contributed by atoms with E-state index in [1.807, 2.05) is 29.6 Å². The first-order chi connectivity index (χ1) is 10.7. The van der Waals surface area contributed by atoms with Crippen LogP contribution in [0.2, 0.25) is 0 Å². The lowest BCUT2D eigenvalue weighted by atomic mass is 10.2. The molecule has 1 aromatic carbocycles. The minimum Gasteiger partial charge on any atom is -0.497 e. The number of benzene rings is 1. The predicted molar refractivity (Wildman–Crippen MR) is 85.3 cm³/mol. The molecule has 3 aromatic rings. The van der Waals surface area contributed by atoms with Crippen LogP contribution in [0.4, 0.5) is 5.13 Å². The lowest BCUT2D eigenvalue weighted by molar-refractivity contribution is 0.101. The second-order valence-corrected chi connectivity index (χ2v) is 5.42. The summed E-state index contributed by atoms with van der Waals surface area (Å²) in [6, 6.07) is 9.28. The molecule has 0 atom stereocenters. The van der Waals surface area contributed by atoms with E-state index in [9.17, 15) is 4.79 Å². The number of ether oxygens (including phenoxy) is 1. The summed E-state index contributed by atoms with van der Waals surface area (Å²) in [6.07, 6.45) is 1.58. The fourth-order valence-corrected chi connectivity index (χ4v) is 2.70. The van der Waals surface area contributed by atoms with Crippen molar-refractivity contribution in [3.63, 3.8) is 0 Å². The van der Waals surface area contributed by atoms with Gasteiger partial charge in [-0.05, 0) is 30.3 Å². The SMILES string of the molecule is COc1ccc(-c2csc(NC(=O)c3ccnn3C)n2)cc1. The lowest BCUT2D eigenvalue weighted by Gasteiger charge is -2.02. The average Bonchev–Trinajstić information content (AvgIpc) is 3.16. The highest BCUT2D eigenvalue weighted by Crippen LogP contribution is 2.26. The third-order valence-electron chi connectivity index (χ3n) is 3.16. The van der Waals surface area contributed by atoms with Gasteiger partial charge in [-0.3, -0.25) is 14.8 Å². The Kier molecular flexibility index (Phi) is 3.88. The third-order valence-corrected chi connectivity index (χ3v) is 3.92. The number of thiazole rings is 1. The summed E-state index contributed by atoms with van der Waals surface area (Å²) in [7, 11) is 3.35. The maximum absolute atomic E-state index is 12.1. The van der Waals surface area contributed by atoms with Crippen molar-refractivity contribution >= 4 is 22.4 Å². The van der Waals surface area contributed by atoms with Gasteiger partial charge >= 0.3 is 0 Å². The summed E-state index contributed by atoms with van der Waals surface area (Å²) in [5.41, 5.74) is 2.27. The number of carbonyl (C=O) groups excluding carboxylic acids is 1. The normalized spacial score (nSPS) is 10.5. The van der Waals surface area contributed by atoms with Gasteiger partial charge in [-0.1, -0.05) is 0 Å². The predicted octanol–water partition coefficient (Wildman–Crippen LogP) is 2.80. The number of hydrogen-bond acceptors (Lipinski definition) is 5. The van der Waals surface area contributed by atoms with E-state index in [-0.39, 0.29) is 5.91 Å². The smallest absolute Gasteiger partial charge is 0.275 e. The van der Waals surface area contributed by atoms with Crippen molar-refractivity contribution in [2.75, 3.05) is 12.4 Å². The number of carbonyl (C=O) groups is 1. The van der Waals surface area contributed by atoms with Crippen LogP contribution in [0.15, 0.2) is 41.9 Å². The van der Waals surface area contributed by atoms with Gasteiger partial charge in [-0.2, -0.15) is 5.10 Å². The quantitative estimate of drug-likeness (QED) is 0.804. The Hall–Kier alpha value is -2.67. The van der Waals surface area contributed by atoms with Gasteiger partial charge in [0.15, 0.2) is 5.13 Å². The van der Waals surface area contributed by atoms with Crippen LogP contribution in [0.1, 0.15) is 10.5 Å². The van der Waals surface area contributed by atoms with Crippen molar-refractivity contribution in [2.24, 2.45) is 7.05 Å². The Bertz CT molecular complexity index is 792. The molecule has 1 amide bonds. The number of aryl methyl sites for hydroxylation is 1. The molecule has 7 heteroatoms. The van der Waals surface area contributed by atoms with Gasteiger partial charge in [0.25, 0.3) is 5.91 Å². The number of methoxy groups -OCH3 is 1. The van der Waals surface area contributed by atoms with E-state index in [1.54, 1.807) is 26.4 Å². The summed E-state index contributed by atoms with van der Waals surface area (Å²) in [5, 5.41) is 9.21. The zero-order valence-electron chi connectivity index (χ0n) is 12.1. The largest absolute Gasteiger partial charge is 0.497 e. The van der Waals surface area contributed by atoms with Gasteiger partial charge in [-0.25, -0.2) is 4.98 Å². The Balaban J connectivity index is 1.76. The average molecular weight is 314 g/mol. The van der Waals surface area contributed by atoms with Crippen molar-refractivity contribution in [1.82, 2.24) is 14.8 Å². The summed E-state index contributed by atoms with van der Waals surface area (Å²) in [6.45, 7) is 0. The second kappa shape index (κ2) is 5.98. The Morgan fingerprint density at radius 2 is 2.05 bits per heavy atom. The van der Waals surface area contributed by atoms with Crippen LogP contribution in [-0.4, -0.2) is 27.8 Å². The highest BCUT2D eigenvalue weighted by molar-refractivity contribution is 7.14. The topological polar surface area (TPSA) is 69.0 Å². The van der Waals surface area contributed by atoms with Gasteiger partial charge in [0.1, 0.15) is 11.4 Å². The second-order valence-electron chi connectivity index (χ2n) is 4.56. The number of nitrogens with one attached hydrogen (secondary N) is 1. The molecular weight excluding hydrogens is 300 g/mol. The van der Waals surface area contributed by atoms with Gasteiger partial charge in [-0.15, -0.1) is 11.3 Å². The van der Waals surface area contributed by atoms with Gasteiger partial charge in [0, 0.05) is 24.2 Å². The van der Waals surface area contributed by atoms with Crippen molar-refractivity contribution in [2.45, 2.75) is 0 Å². The minimum atomic E-state index is -0.226. The molecule has 0 aliphatic carbocycles. The number of amides is 1. The monoisotopic (exact) mass is 314 g/mol. The van der Waals surface area contributed by atoms with Crippen LogP contribution < -0.4 is 10.1 Å². The van der Waals surface area contributed by atoms with E-state index in [0.29, 0.717) is 10.8 Å². The molecule has 0 saturated heterocycles. The van der Waals surface area contributed by atoms with E-state index in [2.05, 4.69) is 15.4 Å². The molecule has 2 heterocycles. The van der Waals surface area contributed by atoms with E-state index < -0.39 is 0 Å². The molecule has 6 nitrogen and oxygen atoms in total. The molecule has 0 saturated carbocycles. The van der Waals surface area contributed by atoms with Crippen molar-refractivity contribution in [3.05, 3.63) is 47.6 Å². The van der Waals surface area contributed by atoms with Crippen LogP contribution in [0.3, 0.4) is 0 Å². The van der Waals surface area contributed by atoms with Crippen molar-refractivity contribution < 1.29 is 9.53 Å². The zero-order valence-corrected chi connectivity index (χ0v) is 12.9. The number of rotatable bonds is 4. The van der Waals surface area contributed by atoms with Crippen molar-refractivity contribution in [3.8, 4) is 17.0 Å². The number of nitrogens with zero attached hydrogens (tertiary/aromatic N) is 3. The van der Waals surface area contributed by atoms with Gasteiger partial charge in [0.05, 0.1) is 12.8 Å². The van der Waals surface area contributed by atoms with Gasteiger partial charge < -0.3 is 4.74 Å². The maximum atomic E-state index is 12.1. The van der Waals surface area contributed by atoms with Gasteiger partial charge in [0.2, 0.25) is 0 Å². The van der Waals surface area contributed by atoms with Crippen LogP contribution in [0, 0.1) is 0 Å². The molecule has 0 bridgehead atoms. The first-order valence-corrected chi connectivity index (χ1v) is 7.44. The molecule has 0 radical (unpaired) electrons. The molecule has 0 unspecified atom stereocenters. The maximum Gasteiger partial charge on any atom is 0.275 e. The van der Waals surface area contributed by atoms with E-state index in [0.717, 1.165) is 17.0 Å². The summed E-state index contributed by atoms with van der Waals surface area (Å²) in [4.78, 5) is 16.5. The number of anilines is 1. The first-order valence-electron chi connectivity index (χ1n) is 6.56. The zero-order chi connectivity index (χ0) is 15.5. The van der Waals surface area contributed by atoms with E-state index in [4.69, 9.17) is 4.74 Å². The highest BCUT2D eigenvalue weighted by atomic mass is 32.1. The van der Waals surface area contributed by atoms with E-state index in [1.165, 1.54) is 16.0 Å². The Morgan fingerprint density at radius 3 is 2.68 bits per heavy atom. The molecule has 0 aliphatic rings. The van der Waals surface area contributed by atoms with Crippen LogP contribution in [-0.2, 0) is 7.05 Å². The highest BCUT2D eigenvalue weighted by Gasteiger charge is 2.12.